The van der Waals surface area contributed by atoms with Crippen molar-refractivity contribution in [2.24, 2.45) is 0 Å². The van der Waals surface area contributed by atoms with Crippen molar-refractivity contribution in [1.82, 2.24) is 0 Å². The Labute approximate surface area is 205 Å². The van der Waals surface area contributed by atoms with Gasteiger partial charge in [0.1, 0.15) is 11.5 Å². The Kier molecular flexibility index (Phi) is 5.81. The number of nitrogens with zero attached hydrogens (tertiary/aromatic N) is 1. The molecule has 0 bridgehead atoms. The van der Waals surface area contributed by atoms with E-state index >= 15 is 0 Å². The Morgan fingerprint density at radius 1 is 1.00 bits per heavy atom. The van der Waals surface area contributed by atoms with Gasteiger partial charge in [0.05, 0.1) is 23.8 Å². The summed E-state index contributed by atoms with van der Waals surface area (Å²) < 4.78 is 15.8. The van der Waals surface area contributed by atoms with Crippen LogP contribution in [0.2, 0.25) is 0 Å². The van der Waals surface area contributed by atoms with Crippen molar-refractivity contribution >= 4 is 29.1 Å². The number of anilines is 1. The summed E-state index contributed by atoms with van der Waals surface area (Å²) in [6.45, 7) is 1.89. The third-order valence-corrected chi connectivity index (χ3v) is 5.93. The molecule has 0 radical (unpaired) electrons. The summed E-state index contributed by atoms with van der Waals surface area (Å²) in [7, 11) is 0. The minimum atomic E-state index is -1.03. The molecule has 2 aliphatic heterocycles. The number of aromatic hydroxyl groups is 1. The van der Waals surface area contributed by atoms with Crippen molar-refractivity contribution in [3.63, 3.8) is 0 Å². The minimum Gasteiger partial charge on any atom is -0.508 e. The lowest BCUT2D eigenvalue weighted by atomic mass is 9.95. The maximum atomic E-state index is 13.3. The van der Waals surface area contributed by atoms with Crippen molar-refractivity contribution in [3.8, 4) is 17.2 Å². The van der Waals surface area contributed by atoms with E-state index in [1.807, 2.05) is 0 Å². The highest BCUT2D eigenvalue weighted by atomic mass is 16.7. The van der Waals surface area contributed by atoms with E-state index in [-0.39, 0.29) is 41.5 Å². The van der Waals surface area contributed by atoms with Gasteiger partial charge in [-0.1, -0.05) is 18.2 Å². The summed E-state index contributed by atoms with van der Waals surface area (Å²) in [5.41, 5.74) is 1.06. The first-order valence-corrected chi connectivity index (χ1v) is 11.2. The molecule has 2 aliphatic rings. The van der Waals surface area contributed by atoms with Gasteiger partial charge in [-0.25, -0.2) is 4.79 Å². The number of amides is 1. The van der Waals surface area contributed by atoms with Gasteiger partial charge in [-0.3, -0.25) is 14.5 Å². The highest BCUT2D eigenvalue weighted by Gasteiger charge is 2.47. The summed E-state index contributed by atoms with van der Waals surface area (Å²) in [6.07, 6.45) is 0. The number of phenols is 1. The lowest BCUT2D eigenvalue weighted by molar-refractivity contribution is -0.132. The summed E-state index contributed by atoms with van der Waals surface area (Å²) in [4.78, 5) is 40.1. The monoisotopic (exact) mass is 487 g/mol. The fourth-order valence-corrected chi connectivity index (χ4v) is 4.27. The Bertz CT molecular complexity index is 1410. The quantitative estimate of drug-likeness (QED) is 0.240. The van der Waals surface area contributed by atoms with Gasteiger partial charge in [0.25, 0.3) is 11.7 Å². The van der Waals surface area contributed by atoms with Crippen LogP contribution in [0.1, 0.15) is 34.5 Å². The van der Waals surface area contributed by atoms with Crippen LogP contribution < -0.4 is 14.4 Å². The van der Waals surface area contributed by atoms with Gasteiger partial charge >= 0.3 is 5.97 Å². The zero-order chi connectivity index (χ0) is 25.4. The highest BCUT2D eigenvalue weighted by Crippen LogP contribution is 2.43. The first kappa shape index (κ1) is 23.0. The molecule has 182 valence electrons. The minimum absolute atomic E-state index is 0.00391. The van der Waals surface area contributed by atoms with Gasteiger partial charge in [-0.05, 0) is 61.0 Å². The molecule has 2 heterocycles. The van der Waals surface area contributed by atoms with E-state index in [1.165, 1.54) is 29.2 Å². The van der Waals surface area contributed by atoms with Gasteiger partial charge in [0.15, 0.2) is 11.5 Å². The number of esters is 1. The normalized spacial score (nSPS) is 17.9. The number of ketones is 1. The van der Waals surface area contributed by atoms with Crippen molar-refractivity contribution < 1.29 is 38.8 Å². The second-order valence-electron chi connectivity index (χ2n) is 8.10. The number of carbonyl (C=O) groups is 3. The van der Waals surface area contributed by atoms with E-state index < -0.39 is 29.5 Å². The topological polar surface area (TPSA) is 123 Å². The predicted octanol–water partition coefficient (Wildman–Crippen LogP) is 3.92. The van der Waals surface area contributed by atoms with Gasteiger partial charge in [-0.2, -0.15) is 0 Å². The second kappa shape index (κ2) is 9.10. The smallest absolute Gasteiger partial charge is 0.338 e. The first-order valence-electron chi connectivity index (χ1n) is 11.2. The molecule has 0 spiro atoms. The number of ether oxygens (including phenoxy) is 3. The third-order valence-electron chi connectivity index (χ3n) is 5.93. The van der Waals surface area contributed by atoms with Crippen LogP contribution in [0.4, 0.5) is 5.69 Å². The number of aliphatic hydroxyl groups is 1. The van der Waals surface area contributed by atoms with Crippen LogP contribution in [0.3, 0.4) is 0 Å². The molecule has 1 amide bonds. The summed E-state index contributed by atoms with van der Waals surface area (Å²) in [5, 5.41) is 21.1. The molecule has 1 atom stereocenters. The Morgan fingerprint density at radius 2 is 1.75 bits per heavy atom. The van der Waals surface area contributed by atoms with Crippen LogP contribution in [-0.4, -0.2) is 41.3 Å². The first-order chi connectivity index (χ1) is 17.4. The van der Waals surface area contributed by atoms with Crippen LogP contribution in [0, 0.1) is 0 Å². The van der Waals surface area contributed by atoms with Gasteiger partial charge in [-0.15, -0.1) is 0 Å². The van der Waals surface area contributed by atoms with E-state index in [0.717, 1.165) is 0 Å². The molecule has 1 saturated heterocycles. The van der Waals surface area contributed by atoms with Crippen LogP contribution >= 0.6 is 0 Å². The number of hydrogen-bond donors (Lipinski definition) is 2. The summed E-state index contributed by atoms with van der Waals surface area (Å²) >= 11 is 0. The van der Waals surface area contributed by atoms with Crippen molar-refractivity contribution in [3.05, 3.63) is 89.0 Å². The molecular weight excluding hydrogens is 466 g/mol. The third kappa shape index (κ3) is 3.90. The van der Waals surface area contributed by atoms with E-state index in [9.17, 15) is 24.6 Å². The molecule has 0 aromatic heterocycles. The lowest BCUT2D eigenvalue weighted by Gasteiger charge is -2.25. The summed E-state index contributed by atoms with van der Waals surface area (Å²) in [5.74, 6) is -1.85. The second-order valence-corrected chi connectivity index (χ2v) is 8.10. The Morgan fingerprint density at radius 3 is 2.50 bits per heavy atom. The number of aliphatic hydroxyl groups excluding tert-OH is 1. The molecule has 0 aliphatic carbocycles. The van der Waals surface area contributed by atoms with Crippen LogP contribution in [0.15, 0.2) is 72.3 Å². The molecule has 1 unspecified atom stereocenters. The largest absolute Gasteiger partial charge is 0.508 e. The number of hydrogen-bond acceptors (Lipinski definition) is 8. The number of phenolic OH excluding ortho intramolecular Hbond substituents is 1. The number of fused-ring (bicyclic) bond motifs is 1. The van der Waals surface area contributed by atoms with E-state index in [2.05, 4.69) is 0 Å². The van der Waals surface area contributed by atoms with Crippen molar-refractivity contribution in [1.29, 1.82) is 0 Å². The van der Waals surface area contributed by atoms with Gasteiger partial charge in [0, 0.05) is 11.3 Å². The molecule has 1 fully saturated rings. The molecule has 9 heteroatoms. The average Bonchev–Trinajstić information content (AvgIpc) is 3.46. The van der Waals surface area contributed by atoms with Crippen molar-refractivity contribution in [2.45, 2.75) is 13.0 Å². The number of rotatable bonds is 5. The Hall–Kier alpha value is -4.79. The highest BCUT2D eigenvalue weighted by molar-refractivity contribution is 6.51. The Balaban J connectivity index is 1.67. The maximum Gasteiger partial charge on any atom is 0.338 e. The van der Waals surface area contributed by atoms with Crippen LogP contribution in [-0.2, 0) is 14.3 Å². The molecule has 5 rings (SSSR count). The average molecular weight is 487 g/mol. The van der Waals surface area contributed by atoms with Crippen molar-refractivity contribution in [2.75, 3.05) is 18.3 Å². The maximum absolute atomic E-state index is 13.3. The lowest BCUT2D eigenvalue weighted by Crippen LogP contribution is -2.29. The standard InChI is InChI=1S/C27H21NO8/c1-2-34-27(33)17-4-3-5-18(12-17)28-23(15-6-9-19(29)10-7-15)22(25(31)26(28)32)24(30)16-8-11-20-21(13-16)36-14-35-20/h3-13,23,29-30H,2,14H2,1H3/b24-22-. The fraction of sp³-hybridized carbons (Fsp3) is 0.148. The zero-order valence-electron chi connectivity index (χ0n) is 19.1. The SMILES string of the molecule is CCOC(=O)c1cccc(N2C(=O)C(=O)/C(=C(\O)c3ccc4c(c3)OCO4)C2c2ccc(O)cc2)c1. The summed E-state index contributed by atoms with van der Waals surface area (Å²) in [6, 6.07) is 15.8. The van der Waals surface area contributed by atoms with E-state index in [1.54, 1.807) is 49.4 Å². The molecule has 36 heavy (non-hydrogen) atoms. The molecule has 9 nitrogen and oxygen atoms in total. The van der Waals surface area contributed by atoms with Gasteiger partial charge in [0.2, 0.25) is 6.79 Å². The number of carbonyl (C=O) groups excluding carboxylic acids is 3. The van der Waals surface area contributed by atoms with E-state index in [4.69, 9.17) is 14.2 Å². The fourth-order valence-electron chi connectivity index (χ4n) is 4.27. The van der Waals surface area contributed by atoms with Crippen LogP contribution in [0.25, 0.3) is 5.76 Å². The van der Waals surface area contributed by atoms with Crippen LogP contribution in [0.5, 0.6) is 17.2 Å². The zero-order valence-corrected chi connectivity index (χ0v) is 19.1. The molecule has 0 saturated carbocycles. The number of Topliss-reactive ketones (excluding diaryl/α,β-unsaturated/α-hetero) is 1. The molecule has 3 aromatic rings. The molecule has 3 aromatic carbocycles. The predicted molar refractivity (Wildman–Crippen MR) is 128 cm³/mol. The molecular formula is C27H21NO8. The van der Waals surface area contributed by atoms with E-state index in [0.29, 0.717) is 17.1 Å². The molecule has 2 N–H and O–H groups in total. The number of benzene rings is 3. The van der Waals surface area contributed by atoms with Gasteiger partial charge < -0.3 is 24.4 Å².